The highest BCUT2D eigenvalue weighted by Crippen LogP contribution is 2.44. The van der Waals surface area contributed by atoms with E-state index in [0.29, 0.717) is 27.4 Å². The molecule has 1 N–H and O–H groups in total. The second-order valence-corrected chi connectivity index (χ2v) is 9.04. The monoisotopic (exact) mass is 496 g/mol. The molecule has 0 radical (unpaired) electrons. The lowest BCUT2D eigenvalue weighted by Gasteiger charge is -2.17. The number of fused-ring (bicyclic) bond motifs is 4. The summed E-state index contributed by atoms with van der Waals surface area (Å²) in [4.78, 5) is 19.1. The van der Waals surface area contributed by atoms with Crippen molar-refractivity contribution in [2.45, 2.75) is 0 Å². The molecule has 148 valence electrons. The molecule has 5 rings (SSSR count). The van der Waals surface area contributed by atoms with E-state index in [1.165, 1.54) is 11.3 Å². The fourth-order valence-corrected chi connectivity index (χ4v) is 5.12. The molecule has 0 fully saturated rings. The smallest absolute Gasteiger partial charge is 0.211 e. The number of benzene rings is 4. The first kappa shape index (κ1) is 19.3. The van der Waals surface area contributed by atoms with Gasteiger partial charge in [-0.1, -0.05) is 51.8 Å². The largest absolute Gasteiger partial charge is 0.494 e. The van der Waals surface area contributed by atoms with Gasteiger partial charge in [-0.25, -0.2) is 4.98 Å². The van der Waals surface area contributed by atoms with Crippen LogP contribution >= 0.6 is 38.9 Å². The van der Waals surface area contributed by atoms with Crippen LogP contribution < -0.4 is 15.5 Å². The van der Waals surface area contributed by atoms with Gasteiger partial charge in [0.25, 0.3) is 0 Å². The maximum Gasteiger partial charge on any atom is 0.211 e. The predicted molar refractivity (Wildman–Crippen MR) is 129 cm³/mol. The second kappa shape index (κ2) is 7.54. The summed E-state index contributed by atoms with van der Waals surface area (Å²) in [5.41, 5.74) is 2.65. The molecule has 2 aliphatic rings. The highest BCUT2D eigenvalue weighted by Gasteiger charge is 2.22. The van der Waals surface area contributed by atoms with Gasteiger partial charge in [-0.3, -0.25) is 4.79 Å². The van der Waals surface area contributed by atoms with E-state index in [9.17, 15) is 4.79 Å². The van der Waals surface area contributed by atoms with E-state index in [4.69, 9.17) is 21.3 Å². The third kappa shape index (κ3) is 3.12. The lowest BCUT2D eigenvalue weighted by Crippen LogP contribution is -2.12. The van der Waals surface area contributed by atoms with E-state index in [-0.39, 0.29) is 5.43 Å². The number of hydrogen-bond acceptors (Lipinski definition) is 5. The highest BCUT2D eigenvalue weighted by atomic mass is 79.9. The zero-order chi connectivity index (χ0) is 20.8. The molecular formula is C23H14BrClN2O2S. The quantitative estimate of drug-likeness (QED) is 0.214. The average molecular weight is 498 g/mol. The molecule has 1 aliphatic heterocycles. The van der Waals surface area contributed by atoms with E-state index < -0.39 is 0 Å². The predicted octanol–water partition coefficient (Wildman–Crippen LogP) is 7.08. The Morgan fingerprint density at radius 3 is 2.50 bits per heavy atom. The van der Waals surface area contributed by atoms with Crippen LogP contribution in [-0.4, -0.2) is 12.1 Å². The molecule has 7 heteroatoms. The van der Waals surface area contributed by atoms with Crippen molar-refractivity contribution in [1.82, 2.24) is 4.98 Å². The van der Waals surface area contributed by atoms with Gasteiger partial charge < -0.3 is 10.1 Å². The zero-order valence-corrected chi connectivity index (χ0v) is 18.9. The minimum Gasteiger partial charge on any atom is -0.494 e. The first-order valence-corrected chi connectivity index (χ1v) is 11.1. The molecule has 0 bridgehead atoms. The summed E-state index contributed by atoms with van der Waals surface area (Å²) >= 11 is 11.4. The third-order valence-electron chi connectivity index (χ3n) is 4.90. The van der Waals surface area contributed by atoms with E-state index in [1.807, 2.05) is 48.5 Å². The maximum absolute atomic E-state index is 13.4. The Morgan fingerprint density at radius 1 is 1.03 bits per heavy atom. The van der Waals surface area contributed by atoms with Gasteiger partial charge in [-0.2, -0.15) is 0 Å². The second-order valence-electron chi connectivity index (χ2n) is 6.70. The number of nitrogens with zero attached hydrogens (tertiary/aromatic N) is 1. The molecule has 0 unspecified atom stereocenters. The summed E-state index contributed by atoms with van der Waals surface area (Å²) in [5.74, 6) is 0.644. The number of methoxy groups -OCH3 is 1. The number of rotatable bonds is 3. The van der Waals surface area contributed by atoms with Crippen molar-refractivity contribution in [3.63, 3.8) is 0 Å². The molecule has 4 nitrogen and oxygen atoms in total. The van der Waals surface area contributed by atoms with E-state index >= 15 is 0 Å². The van der Waals surface area contributed by atoms with Gasteiger partial charge in [0.1, 0.15) is 17.0 Å². The molecule has 0 saturated carbocycles. The Bertz CT molecular complexity index is 1450. The average Bonchev–Trinajstić information content (AvgIpc) is 2.77. The van der Waals surface area contributed by atoms with E-state index in [0.717, 1.165) is 30.8 Å². The van der Waals surface area contributed by atoms with Crippen molar-refractivity contribution in [2.24, 2.45) is 0 Å². The van der Waals surface area contributed by atoms with Crippen LogP contribution in [0.25, 0.3) is 31.6 Å². The normalized spacial score (nSPS) is 11.3. The summed E-state index contributed by atoms with van der Waals surface area (Å²) in [5, 5.41) is 5.30. The zero-order valence-electron chi connectivity index (χ0n) is 15.7. The fraction of sp³-hybridized carbons (Fsp3) is 0.0435. The van der Waals surface area contributed by atoms with Crippen molar-refractivity contribution in [2.75, 3.05) is 12.4 Å². The molecule has 1 heterocycles. The SMILES string of the molecule is COc1ccc(Cl)c2sc3c(Nc4ccc(Br)cc4)c(=O)c4ccccc4c-3nc12. The minimum absolute atomic E-state index is 0.0718. The molecule has 0 amide bonds. The van der Waals surface area contributed by atoms with Crippen LogP contribution in [0.2, 0.25) is 5.02 Å². The topological polar surface area (TPSA) is 51.2 Å². The maximum atomic E-state index is 13.4. The number of ether oxygens (including phenoxy) is 1. The van der Waals surface area contributed by atoms with Crippen molar-refractivity contribution in [1.29, 1.82) is 0 Å². The van der Waals surface area contributed by atoms with E-state index in [2.05, 4.69) is 21.2 Å². The molecule has 3 aromatic rings. The van der Waals surface area contributed by atoms with Crippen LogP contribution in [0.15, 0.2) is 69.9 Å². The first-order chi connectivity index (χ1) is 14.6. The van der Waals surface area contributed by atoms with Crippen molar-refractivity contribution >= 4 is 71.2 Å². The Hall–Kier alpha value is -2.67. The van der Waals surface area contributed by atoms with Crippen LogP contribution in [0.4, 0.5) is 11.4 Å². The summed E-state index contributed by atoms with van der Waals surface area (Å²) in [6, 6.07) is 18.8. The molecule has 0 spiro atoms. The molecule has 30 heavy (non-hydrogen) atoms. The summed E-state index contributed by atoms with van der Waals surface area (Å²) < 4.78 is 7.25. The lowest BCUT2D eigenvalue weighted by molar-refractivity contribution is 0.419. The minimum atomic E-state index is -0.0718. The van der Waals surface area contributed by atoms with Gasteiger partial charge in [0.2, 0.25) is 5.43 Å². The summed E-state index contributed by atoms with van der Waals surface area (Å²) in [7, 11) is 1.61. The van der Waals surface area contributed by atoms with Gasteiger partial charge >= 0.3 is 0 Å². The van der Waals surface area contributed by atoms with Gasteiger partial charge in [-0.05, 0) is 36.4 Å². The summed E-state index contributed by atoms with van der Waals surface area (Å²) in [6.07, 6.45) is 0. The van der Waals surface area contributed by atoms with Crippen molar-refractivity contribution in [3.05, 3.63) is 80.4 Å². The van der Waals surface area contributed by atoms with Crippen LogP contribution in [0.5, 0.6) is 5.75 Å². The van der Waals surface area contributed by atoms with Crippen molar-refractivity contribution < 1.29 is 4.74 Å². The highest BCUT2D eigenvalue weighted by molar-refractivity contribution is 9.10. The van der Waals surface area contributed by atoms with E-state index in [1.54, 1.807) is 19.2 Å². The van der Waals surface area contributed by atoms with Gasteiger partial charge in [0.05, 0.1) is 27.4 Å². The van der Waals surface area contributed by atoms with Crippen molar-refractivity contribution in [3.8, 4) is 16.3 Å². The summed E-state index contributed by atoms with van der Waals surface area (Å²) in [6.45, 7) is 0. The number of anilines is 2. The molecule has 0 aromatic heterocycles. The Morgan fingerprint density at radius 2 is 1.77 bits per heavy atom. The van der Waals surface area contributed by atoms with Gasteiger partial charge in [0, 0.05) is 20.9 Å². The first-order valence-electron chi connectivity index (χ1n) is 9.11. The molecule has 1 aliphatic carbocycles. The van der Waals surface area contributed by atoms with Crippen LogP contribution in [-0.2, 0) is 0 Å². The standard InChI is InChI=1S/C23H14BrClN2O2S/c1-29-17-11-10-16(25)22-19(17)27-18-14-4-2-3-5-15(14)21(28)20(23(18)30-22)26-13-8-6-12(24)7-9-13/h2-11,26H,1H3. The number of nitrogens with one attached hydrogen (secondary N) is 1. The lowest BCUT2D eigenvalue weighted by atomic mass is 10.0. The Kier molecular flexibility index (Phi) is 4.85. The van der Waals surface area contributed by atoms with Gasteiger partial charge in [-0.15, -0.1) is 11.3 Å². The number of hydrogen-bond donors (Lipinski definition) is 1. The molecule has 0 saturated heterocycles. The van der Waals surface area contributed by atoms with Crippen LogP contribution in [0.3, 0.4) is 0 Å². The molecule has 0 atom stereocenters. The Balaban J connectivity index is 1.90. The third-order valence-corrected chi connectivity index (χ3v) is 7.08. The van der Waals surface area contributed by atoms with Crippen LogP contribution in [0.1, 0.15) is 0 Å². The number of halogens is 2. The number of aromatic nitrogens is 1. The Labute approximate surface area is 189 Å². The molecular weight excluding hydrogens is 484 g/mol. The fourth-order valence-electron chi connectivity index (χ4n) is 3.48. The van der Waals surface area contributed by atoms with Crippen LogP contribution in [0, 0.1) is 0 Å². The van der Waals surface area contributed by atoms with Gasteiger partial charge in [0.15, 0.2) is 0 Å². The molecule has 3 aromatic carbocycles.